The molecular formula is C20H17Cl3N4O3S. The van der Waals surface area contributed by atoms with Crippen LogP contribution in [0.25, 0.3) is 6.08 Å². The summed E-state index contributed by atoms with van der Waals surface area (Å²) >= 11 is 22.7. The minimum Gasteiger partial charge on any atom is -0.325 e. The van der Waals surface area contributed by atoms with Gasteiger partial charge in [0.15, 0.2) is 5.11 Å². The molecule has 3 amide bonds. The number of anilines is 1. The SMILES string of the molecule is O=C(/C=C/c1ccccc1Cl)NC(=S)NNC(=O)CCC(=O)Nc1ccc(Cl)cc1Cl. The fraction of sp³-hybridized carbons (Fsp3) is 0.100. The maximum Gasteiger partial charge on any atom is 0.250 e. The molecule has 0 bridgehead atoms. The lowest BCUT2D eigenvalue weighted by molar-refractivity contribution is -0.124. The van der Waals surface area contributed by atoms with Gasteiger partial charge in [-0.2, -0.15) is 0 Å². The fourth-order valence-corrected chi connectivity index (χ4v) is 2.99. The van der Waals surface area contributed by atoms with Crippen molar-refractivity contribution in [1.82, 2.24) is 16.2 Å². The molecule has 7 nitrogen and oxygen atoms in total. The normalized spacial score (nSPS) is 10.4. The second kappa shape index (κ2) is 12.3. The first-order chi connectivity index (χ1) is 14.7. The second-order valence-corrected chi connectivity index (χ2v) is 7.68. The van der Waals surface area contributed by atoms with Crippen LogP contribution in [0, 0.1) is 0 Å². The summed E-state index contributed by atoms with van der Waals surface area (Å²) < 4.78 is 0. The van der Waals surface area contributed by atoms with Crippen molar-refractivity contribution in [2.75, 3.05) is 5.32 Å². The van der Waals surface area contributed by atoms with Crippen LogP contribution in [0.3, 0.4) is 0 Å². The van der Waals surface area contributed by atoms with Crippen LogP contribution in [0.2, 0.25) is 15.1 Å². The van der Waals surface area contributed by atoms with Gasteiger partial charge in [0.25, 0.3) is 0 Å². The summed E-state index contributed by atoms with van der Waals surface area (Å²) in [6, 6.07) is 11.6. The van der Waals surface area contributed by atoms with Crippen molar-refractivity contribution in [3.05, 3.63) is 69.2 Å². The molecule has 0 spiro atoms. The minimum atomic E-state index is -0.508. The van der Waals surface area contributed by atoms with Crippen molar-refractivity contribution in [3.63, 3.8) is 0 Å². The molecule has 0 unspecified atom stereocenters. The van der Waals surface area contributed by atoms with E-state index in [0.717, 1.165) is 0 Å². The molecular weight excluding hydrogens is 483 g/mol. The number of amides is 3. The summed E-state index contributed by atoms with van der Waals surface area (Å²) in [7, 11) is 0. The van der Waals surface area contributed by atoms with Gasteiger partial charge in [-0.3, -0.25) is 30.6 Å². The van der Waals surface area contributed by atoms with Crippen LogP contribution in [0.4, 0.5) is 5.69 Å². The summed E-state index contributed by atoms with van der Waals surface area (Å²) in [5, 5.41) is 6.07. The van der Waals surface area contributed by atoms with Crippen molar-refractivity contribution in [3.8, 4) is 0 Å². The van der Waals surface area contributed by atoms with Gasteiger partial charge in [0.1, 0.15) is 0 Å². The number of carbonyl (C=O) groups is 3. The quantitative estimate of drug-likeness (QED) is 0.272. The van der Waals surface area contributed by atoms with Gasteiger partial charge in [0.05, 0.1) is 10.7 Å². The van der Waals surface area contributed by atoms with Gasteiger partial charge in [0, 0.05) is 29.0 Å². The predicted octanol–water partition coefficient (Wildman–Crippen LogP) is 4.10. The van der Waals surface area contributed by atoms with Crippen LogP contribution >= 0.6 is 47.0 Å². The van der Waals surface area contributed by atoms with Gasteiger partial charge in [-0.05, 0) is 48.1 Å². The lowest BCUT2D eigenvalue weighted by Gasteiger charge is -2.10. The predicted molar refractivity (Wildman–Crippen MR) is 127 cm³/mol. The maximum absolute atomic E-state index is 11.9. The zero-order valence-electron chi connectivity index (χ0n) is 15.9. The van der Waals surface area contributed by atoms with Gasteiger partial charge < -0.3 is 5.32 Å². The number of hydrogen-bond acceptors (Lipinski definition) is 4. The van der Waals surface area contributed by atoms with E-state index in [1.165, 1.54) is 18.2 Å². The van der Waals surface area contributed by atoms with Crippen LogP contribution in [-0.2, 0) is 14.4 Å². The molecule has 0 saturated carbocycles. The zero-order valence-corrected chi connectivity index (χ0v) is 19.0. The van der Waals surface area contributed by atoms with E-state index in [1.807, 2.05) is 0 Å². The molecule has 31 heavy (non-hydrogen) atoms. The smallest absolute Gasteiger partial charge is 0.250 e. The number of halogens is 3. The highest BCUT2D eigenvalue weighted by Gasteiger charge is 2.10. The maximum atomic E-state index is 11.9. The lowest BCUT2D eigenvalue weighted by Crippen LogP contribution is -2.48. The minimum absolute atomic E-state index is 0.0911. The van der Waals surface area contributed by atoms with Crippen LogP contribution < -0.4 is 21.5 Å². The highest BCUT2D eigenvalue weighted by atomic mass is 35.5. The molecule has 0 aliphatic carbocycles. The number of carbonyl (C=O) groups excluding carboxylic acids is 3. The van der Waals surface area contributed by atoms with Crippen LogP contribution in [0.15, 0.2) is 48.5 Å². The molecule has 0 aromatic heterocycles. The molecule has 0 fully saturated rings. The molecule has 2 rings (SSSR count). The van der Waals surface area contributed by atoms with Crippen molar-refractivity contribution >= 4 is 81.6 Å². The van der Waals surface area contributed by atoms with E-state index in [2.05, 4.69) is 21.5 Å². The Morgan fingerprint density at radius 2 is 1.61 bits per heavy atom. The molecule has 2 aromatic carbocycles. The third-order valence-electron chi connectivity index (χ3n) is 3.66. The van der Waals surface area contributed by atoms with Gasteiger partial charge in [-0.1, -0.05) is 53.0 Å². The van der Waals surface area contributed by atoms with Crippen molar-refractivity contribution < 1.29 is 14.4 Å². The van der Waals surface area contributed by atoms with Crippen LogP contribution in [0.5, 0.6) is 0 Å². The Balaban J connectivity index is 1.69. The first-order valence-electron chi connectivity index (χ1n) is 8.82. The highest BCUT2D eigenvalue weighted by molar-refractivity contribution is 7.80. The molecule has 0 aliphatic heterocycles. The van der Waals surface area contributed by atoms with Gasteiger partial charge in [-0.25, -0.2) is 0 Å². The van der Waals surface area contributed by atoms with Crippen molar-refractivity contribution in [2.24, 2.45) is 0 Å². The number of benzene rings is 2. The number of rotatable bonds is 6. The van der Waals surface area contributed by atoms with Crippen molar-refractivity contribution in [1.29, 1.82) is 0 Å². The summed E-state index contributed by atoms with van der Waals surface area (Å²) in [4.78, 5) is 35.7. The second-order valence-electron chi connectivity index (χ2n) is 6.02. The van der Waals surface area contributed by atoms with Crippen LogP contribution in [-0.4, -0.2) is 22.8 Å². The molecule has 162 valence electrons. The van der Waals surface area contributed by atoms with E-state index in [-0.39, 0.29) is 23.0 Å². The molecule has 0 heterocycles. The van der Waals surface area contributed by atoms with E-state index in [0.29, 0.717) is 21.3 Å². The Kier molecular flexibility index (Phi) is 9.74. The van der Waals surface area contributed by atoms with E-state index in [9.17, 15) is 14.4 Å². The van der Waals surface area contributed by atoms with Crippen molar-refractivity contribution in [2.45, 2.75) is 12.8 Å². The summed E-state index contributed by atoms with van der Waals surface area (Å²) in [5.41, 5.74) is 5.74. The van der Waals surface area contributed by atoms with Gasteiger partial charge in [-0.15, -0.1) is 0 Å². The largest absolute Gasteiger partial charge is 0.325 e. The molecule has 0 saturated heterocycles. The van der Waals surface area contributed by atoms with Gasteiger partial charge in [0.2, 0.25) is 17.7 Å². The summed E-state index contributed by atoms with van der Waals surface area (Å²) in [5.74, 6) is -1.41. The molecule has 0 atom stereocenters. The zero-order chi connectivity index (χ0) is 22.8. The standard InChI is InChI=1S/C20H17Cl3N4O3S/c21-13-6-7-16(15(23)11-13)24-17(28)9-10-19(30)26-27-20(31)25-18(29)8-5-12-3-1-2-4-14(12)22/h1-8,11H,9-10H2,(H,24,28)(H,26,30)(H2,25,27,29,31)/b8-5+. The van der Waals surface area contributed by atoms with E-state index in [1.54, 1.807) is 36.4 Å². The van der Waals surface area contributed by atoms with Crippen LogP contribution in [0.1, 0.15) is 18.4 Å². The number of hydrogen-bond donors (Lipinski definition) is 4. The first kappa shape index (κ1) is 24.6. The molecule has 2 aromatic rings. The van der Waals surface area contributed by atoms with Gasteiger partial charge >= 0.3 is 0 Å². The fourth-order valence-electron chi connectivity index (χ4n) is 2.18. The molecule has 0 radical (unpaired) electrons. The summed E-state index contributed by atoms with van der Waals surface area (Å²) in [6.07, 6.45) is 2.58. The Labute approximate surface area is 199 Å². The third-order valence-corrected chi connectivity index (χ3v) is 4.75. The Bertz CT molecular complexity index is 1030. The monoisotopic (exact) mass is 498 g/mol. The summed E-state index contributed by atoms with van der Waals surface area (Å²) in [6.45, 7) is 0. The van der Waals surface area contributed by atoms with E-state index < -0.39 is 17.7 Å². The molecule has 11 heteroatoms. The first-order valence-corrected chi connectivity index (χ1v) is 10.4. The Morgan fingerprint density at radius 3 is 2.32 bits per heavy atom. The number of nitrogens with one attached hydrogen (secondary N) is 4. The average molecular weight is 500 g/mol. The Morgan fingerprint density at radius 1 is 0.903 bits per heavy atom. The van der Waals surface area contributed by atoms with E-state index >= 15 is 0 Å². The van der Waals surface area contributed by atoms with E-state index in [4.69, 9.17) is 47.0 Å². The molecule has 0 aliphatic rings. The third kappa shape index (κ3) is 8.94. The Hall–Kier alpha value is -2.65. The average Bonchev–Trinajstić information content (AvgIpc) is 2.72. The number of hydrazine groups is 1. The lowest BCUT2D eigenvalue weighted by atomic mass is 10.2. The topological polar surface area (TPSA) is 99.3 Å². The highest BCUT2D eigenvalue weighted by Crippen LogP contribution is 2.25. The molecule has 4 N–H and O–H groups in total. The number of thiocarbonyl (C=S) groups is 1.